The number of carbonyl (C=O) groups is 1. The number of carbonyl (C=O) groups excluding carboxylic acids is 1. The third kappa shape index (κ3) is 2.90. The van der Waals surface area contributed by atoms with E-state index >= 15 is 0 Å². The normalized spacial score (nSPS) is 12.5. The van der Waals surface area contributed by atoms with Crippen molar-refractivity contribution in [2.45, 2.75) is 25.8 Å². The number of nitrogens with one attached hydrogen (secondary N) is 1. The molecule has 0 saturated carbocycles. The monoisotopic (exact) mass is 313 g/mol. The lowest BCUT2D eigenvalue weighted by Gasteiger charge is -2.15. The third-order valence-corrected chi connectivity index (χ3v) is 4.78. The van der Waals surface area contributed by atoms with Crippen LogP contribution in [0.2, 0.25) is 0 Å². The van der Waals surface area contributed by atoms with Crippen molar-refractivity contribution in [3.05, 3.63) is 52.5 Å². The Morgan fingerprint density at radius 2 is 2.27 bits per heavy atom. The summed E-state index contributed by atoms with van der Waals surface area (Å²) in [4.78, 5) is 18.0. The summed E-state index contributed by atoms with van der Waals surface area (Å²) in [5, 5.41) is 6.22. The molecule has 3 rings (SSSR count). The number of hydrogen-bond acceptors (Lipinski definition) is 3. The van der Waals surface area contributed by atoms with E-state index in [-0.39, 0.29) is 11.9 Å². The van der Waals surface area contributed by atoms with Crippen LogP contribution in [0.25, 0.3) is 11.0 Å². The maximum Gasteiger partial charge on any atom is 0.225 e. The number of thiophene rings is 1. The van der Waals surface area contributed by atoms with Gasteiger partial charge in [0.1, 0.15) is 5.65 Å². The summed E-state index contributed by atoms with van der Waals surface area (Å²) in [7, 11) is 1.96. The molecule has 0 aliphatic carbocycles. The van der Waals surface area contributed by atoms with E-state index < -0.39 is 0 Å². The van der Waals surface area contributed by atoms with Crippen LogP contribution in [0, 0.1) is 0 Å². The van der Waals surface area contributed by atoms with Gasteiger partial charge in [-0.2, -0.15) is 0 Å². The highest BCUT2D eigenvalue weighted by Gasteiger charge is 2.16. The van der Waals surface area contributed by atoms with Crippen molar-refractivity contribution in [2.24, 2.45) is 7.05 Å². The van der Waals surface area contributed by atoms with Gasteiger partial charge in [-0.3, -0.25) is 4.79 Å². The lowest BCUT2D eigenvalue weighted by atomic mass is 10.1. The Bertz CT molecular complexity index is 776. The minimum absolute atomic E-state index is 0.0524. The van der Waals surface area contributed by atoms with E-state index in [9.17, 15) is 4.79 Å². The molecule has 3 aromatic heterocycles. The molecule has 0 fully saturated rings. The van der Waals surface area contributed by atoms with Gasteiger partial charge < -0.3 is 9.88 Å². The number of fused-ring (bicyclic) bond motifs is 1. The zero-order valence-electron chi connectivity index (χ0n) is 12.7. The van der Waals surface area contributed by atoms with Crippen LogP contribution in [-0.4, -0.2) is 15.5 Å². The Morgan fingerprint density at radius 3 is 3.00 bits per heavy atom. The summed E-state index contributed by atoms with van der Waals surface area (Å²) in [6, 6.07) is 8.11. The van der Waals surface area contributed by atoms with Crippen molar-refractivity contribution >= 4 is 28.3 Å². The molecule has 0 bridgehead atoms. The molecule has 1 N–H and O–H groups in total. The highest BCUT2D eigenvalue weighted by molar-refractivity contribution is 7.10. The van der Waals surface area contributed by atoms with E-state index in [4.69, 9.17) is 0 Å². The summed E-state index contributed by atoms with van der Waals surface area (Å²) < 4.78 is 1.97. The predicted molar refractivity (Wildman–Crippen MR) is 89.9 cm³/mol. The fourth-order valence-corrected chi connectivity index (χ4v) is 3.58. The molecule has 0 saturated heterocycles. The van der Waals surface area contributed by atoms with Gasteiger partial charge in [0.2, 0.25) is 5.91 Å². The van der Waals surface area contributed by atoms with Gasteiger partial charge in [-0.15, -0.1) is 11.3 Å². The van der Waals surface area contributed by atoms with Crippen LogP contribution in [0.15, 0.2) is 42.0 Å². The van der Waals surface area contributed by atoms with Crippen molar-refractivity contribution in [3.8, 4) is 0 Å². The van der Waals surface area contributed by atoms with Crippen molar-refractivity contribution in [3.63, 3.8) is 0 Å². The quantitative estimate of drug-likeness (QED) is 0.784. The Labute approximate surface area is 133 Å². The minimum atomic E-state index is 0.0524. The fraction of sp³-hybridized carbons (Fsp3) is 0.294. The fourth-order valence-electron chi connectivity index (χ4n) is 2.72. The number of aryl methyl sites for hydroxylation is 1. The molecule has 1 amide bonds. The predicted octanol–water partition coefficient (Wildman–Crippen LogP) is 3.44. The molecule has 1 unspecified atom stereocenters. The van der Waals surface area contributed by atoms with Gasteiger partial charge in [-0.25, -0.2) is 4.98 Å². The molecule has 1 atom stereocenters. The van der Waals surface area contributed by atoms with Crippen LogP contribution in [0.5, 0.6) is 0 Å². The molecule has 5 heteroatoms. The first kappa shape index (κ1) is 14.8. The standard InChI is InChI=1S/C17H19N3OS/c1-3-14(15-7-5-9-22-15)19-16(21)10-12-11-20(2)17-13(12)6-4-8-18-17/h4-9,11,14H,3,10H2,1-2H3,(H,19,21). The van der Waals surface area contributed by atoms with Gasteiger partial charge >= 0.3 is 0 Å². The van der Waals surface area contributed by atoms with E-state index in [2.05, 4.69) is 23.3 Å². The van der Waals surface area contributed by atoms with Crippen molar-refractivity contribution in [2.75, 3.05) is 0 Å². The summed E-state index contributed by atoms with van der Waals surface area (Å²) in [6.45, 7) is 2.09. The lowest BCUT2D eigenvalue weighted by Crippen LogP contribution is -2.28. The van der Waals surface area contributed by atoms with Gasteiger partial charge in [-0.05, 0) is 35.6 Å². The highest BCUT2D eigenvalue weighted by Crippen LogP contribution is 2.23. The molecular weight excluding hydrogens is 294 g/mol. The number of amides is 1. The van der Waals surface area contributed by atoms with E-state index in [0.29, 0.717) is 6.42 Å². The van der Waals surface area contributed by atoms with Gasteiger partial charge in [0.15, 0.2) is 0 Å². The zero-order chi connectivity index (χ0) is 15.5. The average Bonchev–Trinajstić information content (AvgIpc) is 3.15. The van der Waals surface area contributed by atoms with Gasteiger partial charge in [0.05, 0.1) is 12.5 Å². The molecule has 4 nitrogen and oxygen atoms in total. The van der Waals surface area contributed by atoms with E-state index in [1.807, 2.05) is 41.4 Å². The molecular formula is C17H19N3OS. The van der Waals surface area contributed by atoms with Crippen LogP contribution in [0.3, 0.4) is 0 Å². The van der Waals surface area contributed by atoms with Crippen molar-refractivity contribution in [1.29, 1.82) is 0 Å². The average molecular weight is 313 g/mol. The molecule has 22 heavy (non-hydrogen) atoms. The summed E-state index contributed by atoms with van der Waals surface area (Å²) in [5.41, 5.74) is 1.93. The van der Waals surface area contributed by atoms with E-state index in [1.165, 1.54) is 4.88 Å². The second kappa shape index (κ2) is 6.32. The topological polar surface area (TPSA) is 46.9 Å². The number of rotatable bonds is 5. The molecule has 0 aliphatic rings. The third-order valence-electron chi connectivity index (χ3n) is 3.80. The summed E-state index contributed by atoms with van der Waals surface area (Å²) in [6.07, 6.45) is 5.04. The largest absolute Gasteiger partial charge is 0.348 e. The van der Waals surface area contributed by atoms with Crippen molar-refractivity contribution in [1.82, 2.24) is 14.9 Å². The molecule has 3 heterocycles. The molecule has 0 spiro atoms. The van der Waals surface area contributed by atoms with Crippen molar-refractivity contribution < 1.29 is 4.79 Å². The molecule has 3 aromatic rings. The first-order chi connectivity index (χ1) is 10.7. The number of nitrogens with zero attached hydrogens (tertiary/aromatic N) is 2. The molecule has 0 aromatic carbocycles. The SMILES string of the molecule is CCC(NC(=O)Cc1cn(C)c2ncccc12)c1cccs1. The highest BCUT2D eigenvalue weighted by atomic mass is 32.1. The molecule has 114 valence electrons. The summed E-state index contributed by atoms with van der Waals surface area (Å²) >= 11 is 1.68. The Morgan fingerprint density at radius 1 is 1.41 bits per heavy atom. The second-order valence-electron chi connectivity index (χ2n) is 5.36. The first-order valence-corrected chi connectivity index (χ1v) is 8.28. The van der Waals surface area contributed by atoms with Gasteiger partial charge in [-0.1, -0.05) is 13.0 Å². The van der Waals surface area contributed by atoms with Gasteiger partial charge in [0.25, 0.3) is 0 Å². The summed E-state index contributed by atoms with van der Waals surface area (Å²) in [5.74, 6) is 0.0524. The van der Waals surface area contributed by atoms with Crippen LogP contribution in [-0.2, 0) is 18.3 Å². The van der Waals surface area contributed by atoms with E-state index in [0.717, 1.165) is 23.0 Å². The lowest BCUT2D eigenvalue weighted by molar-refractivity contribution is -0.121. The van der Waals surface area contributed by atoms with E-state index in [1.54, 1.807) is 17.5 Å². The maximum absolute atomic E-state index is 12.4. The number of pyridine rings is 1. The van der Waals surface area contributed by atoms with Crippen LogP contribution in [0.4, 0.5) is 0 Å². The van der Waals surface area contributed by atoms with Crippen LogP contribution < -0.4 is 5.32 Å². The smallest absolute Gasteiger partial charge is 0.225 e. The number of hydrogen-bond donors (Lipinski definition) is 1. The Kier molecular flexibility index (Phi) is 4.24. The van der Waals surface area contributed by atoms with Crippen LogP contribution >= 0.6 is 11.3 Å². The molecule has 0 radical (unpaired) electrons. The zero-order valence-corrected chi connectivity index (χ0v) is 13.6. The van der Waals surface area contributed by atoms with Crippen LogP contribution in [0.1, 0.15) is 29.8 Å². The second-order valence-corrected chi connectivity index (χ2v) is 6.34. The Hall–Kier alpha value is -2.14. The Balaban J connectivity index is 1.76. The number of aromatic nitrogens is 2. The maximum atomic E-state index is 12.4. The first-order valence-electron chi connectivity index (χ1n) is 7.40. The minimum Gasteiger partial charge on any atom is -0.348 e. The molecule has 0 aliphatic heterocycles. The van der Waals surface area contributed by atoms with Gasteiger partial charge in [0, 0.05) is 29.7 Å².